The number of hydrogen-bond acceptors (Lipinski definition) is 2. The molecule has 0 radical (unpaired) electrons. The summed E-state index contributed by atoms with van der Waals surface area (Å²) in [7, 11) is 0. The van der Waals surface area contributed by atoms with E-state index in [-0.39, 0.29) is 12.5 Å². The van der Waals surface area contributed by atoms with E-state index in [1.54, 1.807) is 18.2 Å². The van der Waals surface area contributed by atoms with Crippen LogP contribution < -0.4 is 10.6 Å². The molecule has 2 N–H and O–H groups in total. The fraction of sp³-hybridized carbons (Fsp3) is 0.235. The first kappa shape index (κ1) is 15.4. The van der Waals surface area contributed by atoms with Gasteiger partial charge in [-0.3, -0.25) is 4.79 Å². The summed E-state index contributed by atoms with van der Waals surface area (Å²) in [6, 6.07) is 15.3. The summed E-state index contributed by atoms with van der Waals surface area (Å²) in [5, 5.41) is 6.51. The summed E-state index contributed by atoms with van der Waals surface area (Å²) in [4.78, 5) is 11.8. The number of benzene rings is 2. The lowest BCUT2D eigenvalue weighted by molar-refractivity contribution is -0.114. The molecule has 0 spiro atoms. The van der Waals surface area contributed by atoms with Crippen LogP contribution in [0.15, 0.2) is 48.5 Å². The highest BCUT2D eigenvalue weighted by molar-refractivity contribution is 6.30. The van der Waals surface area contributed by atoms with Crippen LogP contribution in [0.2, 0.25) is 5.02 Å². The fourth-order valence-electron chi connectivity index (χ4n) is 2.03. The van der Waals surface area contributed by atoms with Gasteiger partial charge >= 0.3 is 0 Å². The molecule has 0 heterocycles. The summed E-state index contributed by atoms with van der Waals surface area (Å²) in [5.74, 6) is -0.102. The molecule has 2 rings (SSSR count). The number of hydrogen-bond donors (Lipinski definition) is 2. The van der Waals surface area contributed by atoms with Gasteiger partial charge in [-0.2, -0.15) is 0 Å². The maximum absolute atomic E-state index is 11.8. The van der Waals surface area contributed by atoms with Crippen molar-refractivity contribution in [1.29, 1.82) is 0 Å². The Morgan fingerprint density at radius 3 is 2.52 bits per heavy atom. The molecular weight excluding hydrogens is 284 g/mol. The molecule has 0 aliphatic rings. The third-order valence-corrected chi connectivity index (χ3v) is 3.29. The highest BCUT2D eigenvalue weighted by Gasteiger charge is 2.02. The third kappa shape index (κ3) is 5.12. The molecule has 0 bridgehead atoms. The minimum atomic E-state index is -0.102. The topological polar surface area (TPSA) is 41.1 Å². The van der Waals surface area contributed by atoms with E-state index in [9.17, 15) is 4.79 Å². The van der Waals surface area contributed by atoms with Gasteiger partial charge in [-0.25, -0.2) is 0 Å². The average molecular weight is 303 g/mol. The Hall–Kier alpha value is -2.00. The first-order chi connectivity index (χ1) is 10.2. The van der Waals surface area contributed by atoms with Gasteiger partial charge in [-0.05, 0) is 42.3 Å². The largest absolute Gasteiger partial charge is 0.376 e. The van der Waals surface area contributed by atoms with Crippen LogP contribution in [0, 0.1) is 0 Å². The van der Waals surface area contributed by atoms with Crippen LogP contribution in [0.25, 0.3) is 0 Å². The molecule has 0 saturated heterocycles. The van der Waals surface area contributed by atoms with Crippen LogP contribution in [0.1, 0.15) is 18.9 Å². The van der Waals surface area contributed by atoms with Crippen molar-refractivity contribution in [3.05, 3.63) is 59.1 Å². The summed E-state index contributed by atoms with van der Waals surface area (Å²) < 4.78 is 0. The Kier molecular flexibility index (Phi) is 5.64. The van der Waals surface area contributed by atoms with Crippen molar-refractivity contribution in [2.24, 2.45) is 0 Å². The normalized spacial score (nSPS) is 10.2. The van der Waals surface area contributed by atoms with Crippen molar-refractivity contribution in [3.63, 3.8) is 0 Å². The Morgan fingerprint density at radius 1 is 1.10 bits per heavy atom. The van der Waals surface area contributed by atoms with Crippen molar-refractivity contribution in [3.8, 4) is 0 Å². The molecule has 3 nitrogen and oxygen atoms in total. The van der Waals surface area contributed by atoms with E-state index in [1.165, 1.54) is 5.56 Å². The van der Waals surface area contributed by atoms with Crippen LogP contribution >= 0.6 is 11.6 Å². The van der Waals surface area contributed by atoms with Crippen molar-refractivity contribution >= 4 is 28.9 Å². The highest BCUT2D eigenvalue weighted by atomic mass is 35.5. The smallest absolute Gasteiger partial charge is 0.243 e. The molecular formula is C17H19ClN2O. The first-order valence-corrected chi connectivity index (χ1v) is 7.43. The summed E-state index contributed by atoms with van der Waals surface area (Å²) in [6.45, 7) is 2.38. The number of anilines is 2. The average Bonchev–Trinajstić information content (AvgIpc) is 2.47. The van der Waals surface area contributed by atoms with E-state index < -0.39 is 0 Å². The second kappa shape index (κ2) is 7.70. The maximum Gasteiger partial charge on any atom is 0.243 e. The van der Waals surface area contributed by atoms with Gasteiger partial charge in [0.05, 0.1) is 6.54 Å². The van der Waals surface area contributed by atoms with Gasteiger partial charge in [0, 0.05) is 16.4 Å². The zero-order chi connectivity index (χ0) is 15.1. The minimum Gasteiger partial charge on any atom is -0.376 e. The van der Waals surface area contributed by atoms with Crippen LogP contribution in [-0.4, -0.2) is 12.5 Å². The van der Waals surface area contributed by atoms with E-state index in [0.29, 0.717) is 10.7 Å². The molecule has 0 aromatic heterocycles. The van der Waals surface area contributed by atoms with E-state index >= 15 is 0 Å². The minimum absolute atomic E-state index is 0.102. The summed E-state index contributed by atoms with van der Waals surface area (Å²) >= 11 is 5.87. The Morgan fingerprint density at radius 2 is 1.86 bits per heavy atom. The van der Waals surface area contributed by atoms with Crippen molar-refractivity contribution in [2.45, 2.75) is 19.8 Å². The molecule has 0 unspecified atom stereocenters. The zero-order valence-corrected chi connectivity index (χ0v) is 12.8. The van der Waals surface area contributed by atoms with Gasteiger partial charge in [-0.15, -0.1) is 0 Å². The molecule has 2 aromatic rings. The van der Waals surface area contributed by atoms with Crippen molar-refractivity contribution < 1.29 is 4.79 Å². The Balaban J connectivity index is 1.83. The second-order valence-corrected chi connectivity index (χ2v) is 5.30. The van der Waals surface area contributed by atoms with Gasteiger partial charge in [0.15, 0.2) is 0 Å². The van der Waals surface area contributed by atoms with E-state index in [1.807, 2.05) is 18.2 Å². The molecule has 0 atom stereocenters. The number of rotatable bonds is 6. The van der Waals surface area contributed by atoms with E-state index in [4.69, 9.17) is 11.6 Å². The Labute approximate surface area is 130 Å². The number of amides is 1. The SMILES string of the molecule is CCCc1ccc(NCC(=O)Nc2cccc(Cl)c2)cc1. The molecule has 0 aliphatic carbocycles. The molecule has 2 aromatic carbocycles. The third-order valence-electron chi connectivity index (χ3n) is 3.05. The van der Waals surface area contributed by atoms with Crippen LogP contribution in [-0.2, 0) is 11.2 Å². The lowest BCUT2D eigenvalue weighted by atomic mass is 10.1. The maximum atomic E-state index is 11.8. The second-order valence-electron chi connectivity index (χ2n) is 4.86. The monoisotopic (exact) mass is 302 g/mol. The number of carbonyl (C=O) groups is 1. The number of halogens is 1. The van der Waals surface area contributed by atoms with Crippen LogP contribution in [0.4, 0.5) is 11.4 Å². The predicted molar refractivity (Wildman–Crippen MR) is 89.0 cm³/mol. The van der Waals surface area contributed by atoms with E-state index in [2.05, 4.69) is 29.7 Å². The lowest BCUT2D eigenvalue weighted by Crippen LogP contribution is -2.21. The lowest BCUT2D eigenvalue weighted by Gasteiger charge is -2.08. The molecule has 0 saturated carbocycles. The first-order valence-electron chi connectivity index (χ1n) is 7.05. The zero-order valence-electron chi connectivity index (χ0n) is 12.0. The fourth-order valence-corrected chi connectivity index (χ4v) is 2.22. The van der Waals surface area contributed by atoms with Crippen LogP contribution in [0.3, 0.4) is 0 Å². The molecule has 21 heavy (non-hydrogen) atoms. The number of aryl methyl sites for hydroxylation is 1. The van der Waals surface area contributed by atoms with Gasteiger partial charge in [0.2, 0.25) is 5.91 Å². The number of nitrogens with one attached hydrogen (secondary N) is 2. The molecule has 4 heteroatoms. The summed E-state index contributed by atoms with van der Waals surface area (Å²) in [5.41, 5.74) is 2.95. The van der Waals surface area contributed by atoms with Crippen molar-refractivity contribution in [1.82, 2.24) is 0 Å². The Bertz CT molecular complexity index is 596. The van der Waals surface area contributed by atoms with Gasteiger partial charge in [-0.1, -0.05) is 43.1 Å². The van der Waals surface area contributed by atoms with E-state index in [0.717, 1.165) is 18.5 Å². The van der Waals surface area contributed by atoms with Gasteiger partial charge < -0.3 is 10.6 Å². The molecule has 0 aliphatic heterocycles. The summed E-state index contributed by atoms with van der Waals surface area (Å²) in [6.07, 6.45) is 2.21. The van der Waals surface area contributed by atoms with Gasteiger partial charge in [0.25, 0.3) is 0 Å². The molecule has 1 amide bonds. The highest BCUT2D eigenvalue weighted by Crippen LogP contribution is 2.15. The van der Waals surface area contributed by atoms with Crippen LogP contribution in [0.5, 0.6) is 0 Å². The molecule has 110 valence electrons. The predicted octanol–water partition coefficient (Wildman–Crippen LogP) is 4.34. The van der Waals surface area contributed by atoms with Crippen molar-refractivity contribution in [2.75, 3.05) is 17.2 Å². The standard InChI is InChI=1S/C17H19ClN2O/c1-2-4-13-7-9-15(10-8-13)19-12-17(21)20-16-6-3-5-14(18)11-16/h3,5-11,19H,2,4,12H2,1H3,(H,20,21). The number of carbonyl (C=O) groups excluding carboxylic acids is 1. The molecule has 0 fully saturated rings. The van der Waals surface area contributed by atoms with Gasteiger partial charge in [0.1, 0.15) is 0 Å². The quantitative estimate of drug-likeness (QED) is 0.833.